The molecule has 0 saturated carbocycles. The van der Waals surface area contributed by atoms with E-state index in [9.17, 15) is 0 Å². The van der Waals surface area contributed by atoms with Crippen LogP contribution in [0.4, 0.5) is 5.00 Å². The second-order valence-corrected chi connectivity index (χ2v) is 6.80. The van der Waals surface area contributed by atoms with E-state index in [1.54, 1.807) is 11.3 Å². The van der Waals surface area contributed by atoms with Crippen molar-refractivity contribution >= 4 is 34.8 Å². The third kappa shape index (κ3) is 3.43. The van der Waals surface area contributed by atoms with E-state index < -0.39 is 0 Å². The van der Waals surface area contributed by atoms with Crippen molar-refractivity contribution < 1.29 is 0 Å². The highest BCUT2D eigenvalue weighted by Gasteiger charge is 2.20. The van der Waals surface area contributed by atoms with Crippen molar-refractivity contribution in [1.82, 2.24) is 4.57 Å². The van der Waals surface area contributed by atoms with Gasteiger partial charge in [0.25, 0.3) is 0 Å². The van der Waals surface area contributed by atoms with Crippen LogP contribution in [-0.4, -0.2) is 17.8 Å². The Bertz CT molecular complexity index is 645. The number of thiazole rings is 1. The summed E-state index contributed by atoms with van der Waals surface area (Å²) in [6.07, 6.45) is 13.1. The maximum absolute atomic E-state index is 4.70. The number of hydrogen-bond acceptors (Lipinski definition) is 3. The van der Waals surface area contributed by atoms with E-state index in [-0.39, 0.29) is 5.41 Å². The van der Waals surface area contributed by atoms with Crippen LogP contribution in [0.15, 0.2) is 22.1 Å². The summed E-state index contributed by atoms with van der Waals surface area (Å²) in [6, 6.07) is 0. The molecule has 0 spiro atoms. The van der Waals surface area contributed by atoms with Gasteiger partial charge in [-0.15, -0.1) is 0 Å². The van der Waals surface area contributed by atoms with Gasteiger partial charge in [-0.05, 0) is 18.4 Å². The second-order valence-electron chi connectivity index (χ2n) is 5.85. The number of allylic oxidation sites excluding steroid dienone is 2. The van der Waals surface area contributed by atoms with Gasteiger partial charge in [0.1, 0.15) is 5.00 Å². The van der Waals surface area contributed by atoms with E-state index in [0.29, 0.717) is 5.92 Å². The van der Waals surface area contributed by atoms with Crippen LogP contribution in [0.25, 0.3) is 12.3 Å². The minimum Gasteiger partial charge on any atom is -0.291 e. The van der Waals surface area contributed by atoms with Crippen molar-refractivity contribution in [3.63, 3.8) is 0 Å². The minimum absolute atomic E-state index is 0.0422. The second kappa shape index (κ2) is 6.56. The number of aromatic nitrogens is 1. The Balaban J connectivity index is 2.50. The third-order valence-electron chi connectivity index (χ3n) is 4.13. The van der Waals surface area contributed by atoms with Crippen LogP contribution in [0.5, 0.6) is 0 Å². The summed E-state index contributed by atoms with van der Waals surface area (Å²) in [5.41, 5.74) is 1.18. The van der Waals surface area contributed by atoms with Gasteiger partial charge in [-0.2, -0.15) is 0 Å². The SMILES string of the molecule is CCC(C)/C=C\n1c2c(sc1=NC)N=CC(C)(CC)C=C2. The van der Waals surface area contributed by atoms with E-state index in [2.05, 4.69) is 67.9 Å². The lowest BCUT2D eigenvalue weighted by molar-refractivity contribution is 0.590. The van der Waals surface area contributed by atoms with E-state index in [0.717, 1.165) is 28.3 Å². The molecular formula is C17H25N3S. The molecule has 1 aliphatic heterocycles. The largest absolute Gasteiger partial charge is 0.291 e. The summed E-state index contributed by atoms with van der Waals surface area (Å²) in [7, 11) is 1.84. The van der Waals surface area contributed by atoms with E-state index in [4.69, 9.17) is 4.99 Å². The maximum atomic E-state index is 4.70. The fourth-order valence-corrected chi connectivity index (χ4v) is 2.93. The monoisotopic (exact) mass is 303 g/mol. The van der Waals surface area contributed by atoms with Gasteiger partial charge in [-0.1, -0.05) is 57.6 Å². The molecule has 21 heavy (non-hydrogen) atoms. The molecule has 114 valence electrons. The smallest absolute Gasteiger partial charge is 0.191 e. The molecule has 2 rings (SSSR count). The molecule has 1 aromatic rings. The molecule has 0 aliphatic carbocycles. The predicted octanol–water partition coefficient (Wildman–Crippen LogP) is 4.74. The topological polar surface area (TPSA) is 29.6 Å². The lowest BCUT2D eigenvalue weighted by atomic mass is 9.89. The fourth-order valence-electron chi connectivity index (χ4n) is 2.03. The Morgan fingerprint density at radius 1 is 1.48 bits per heavy atom. The summed E-state index contributed by atoms with van der Waals surface area (Å²) < 4.78 is 2.15. The lowest BCUT2D eigenvalue weighted by Crippen LogP contribution is -2.13. The first kappa shape index (κ1) is 16.0. The van der Waals surface area contributed by atoms with Crippen LogP contribution in [0.3, 0.4) is 0 Å². The predicted molar refractivity (Wildman–Crippen MR) is 94.2 cm³/mol. The highest BCUT2D eigenvalue weighted by molar-refractivity contribution is 7.13. The standard InChI is InChI=1S/C17H25N3S/c1-6-13(3)9-11-20-14-8-10-17(4,7-2)12-19-15(14)21-16(20)18-5/h8-13H,6-7H2,1-5H3/b11-9-,18-16?. The molecule has 2 atom stereocenters. The molecule has 0 fully saturated rings. The van der Waals surface area contributed by atoms with Gasteiger partial charge in [-0.3, -0.25) is 9.56 Å². The third-order valence-corrected chi connectivity index (χ3v) is 5.20. The number of nitrogens with zero attached hydrogens (tertiary/aromatic N) is 3. The Labute approximate surface area is 131 Å². The Hall–Kier alpha value is -1.42. The molecule has 2 heterocycles. The zero-order valence-electron chi connectivity index (χ0n) is 13.6. The van der Waals surface area contributed by atoms with E-state index in [1.807, 2.05) is 7.05 Å². The summed E-state index contributed by atoms with van der Waals surface area (Å²) in [4.78, 5) is 10.1. The molecular weight excluding hydrogens is 278 g/mol. The molecule has 0 amide bonds. The number of rotatable bonds is 4. The van der Waals surface area contributed by atoms with Gasteiger partial charge >= 0.3 is 0 Å². The summed E-state index contributed by atoms with van der Waals surface area (Å²) in [6.45, 7) is 8.84. The van der Waals surface area contributed by atoms with E-state index in [1.165, 1.54) is 0 Å². The van der Waals surface area contributed by atoms with Gasteiger partial charge in [0.15, 0.2) is 4.80 Å². The first-order valence-corrected chi connectivity index (χ1v) is 8.45. The number of fused-ring (bicyclic) bond motifs is 1. The van der Waals surface area contributed by atoms with Crippen LogP contribution < -0.4 is 4.80 Å². The normalized spacial score (nSPS) is 23.6. The fraction of sp³-hybridized carbons (Fsp3) is 0.529. The van der Waals surface area contributed by atoms with Crippen molar-refractivity contribution in [3.05, 3.63) is 22.6 Å². The highest BCUT2D eigenvalue weighted by atomic mass is 32.1. The Morgan fingerprint density at radius 2 is 2.24 bits per heavy atom. The number of aliphatic imine (C=N–C) groups is 1. The molecule has 4 heteroatoms. The van der Waals surface area contributed by atoms with Gasteiger partial charge in [0.05, 0.1) is 5.69 Å². The zero-order chi connectivity index (χ0) is 15.5. The molecule has 1 aliphatic rings. The molecule has 3 nitrogen and oxygen atoms in total. The highest BCUT2D eigenvalue weighted by Crippen LogP contribution is 2.32. The first-order chi connectivity index (χ1) is 10.0. The molecule has 2 unspecified atom stereocenters. The van der Waals surface area contributed by atoms with Gasteiger partial charge < -0.3 is 0 Å². The lowest BCUT2D eigenvalue weighted by Gasteiger charge is -2.16. The molecule has 0 N–H and O–H groups in total. The first-order valence-electron chi connectivity index (χ1n) is 7.64. The molecule has 0 aromatic carbocycles. The van der Waals surface area contributed by atoms with Gasteiger partial charge in [0, 0.05) is 24.9 Å². The van der Waals surface area contributed by atoms with Crippen LogP contribution in [0.2, 0.25) is 0 Å². The van der Waals surface area contributed by atoms with Gasteiger partial charge in [0.2, 0.25) is 0 Å². The molecule has 0 radical (unpaired) electrons. The summed E-state index contributed by atoms with van der Waals surface area (Å²) >= 11 is 1.64. The van der Waals surface area contributed by atoms with Crippen molar-refractivity contribution in [2.24, 2.45) is 21.3 Å². The van der Waals surface area contributed by atoms with Crippen LogP contribution in [0, 0.1) is 11.3 Å². The molecule has 1 aromatic heterocycles. The van der Waals surface area contributed by atoms with Crippen molar-refractivity contribution in [2.75, 3.05) is 7.05 Å². The van der Waals surface area contributed by atoms with Crippen LogP contribution in [0.1, 0.15) is 46.2 Å². The summed E-state index contributed by atoms with van der Waals surface area (Å²) in [5, 5.41) is 1.04. The zero-order valence-corrected chi connectivity index (χ0v) is 14.4. The Kier molecular flexibility index (Phi) is 4.99. The van der Waals surface area contributed by atoms with Crippen molar-refractivity contribution in [3.8, 4) is 0 Å². The summed E-state index contributed by atoms with van der Waals surface area (Å²) in [5.74, 6) is 0.567. The van der Waals surface area contributed by atoms with Crippen LogP contribution in [-0.2, 0) is 0 Å². The quantitative estimate of drug-likeness (QED) is 0.769. The van der Waals surface area contributed by atoms with Crippen molar-refractivity contribution in [2.45, 2.75) is 40.5 Å². The molecule has 0 bridgehead atoms. The minimum atomic E-state index is 0.0422. The average molecular weight is 303 g/mol. The Morgan fingerprint density at radius 3 is 2.86 bits per heavy atom. The van der Waals surface area contributed by atoms with Crippen LogP contribution >= 0.6 is 11.3 Å². The number of hydrogen-bond donors (Lipinski definition) is 0. The average Bonchev–Trinajstić information content (AvgIpc) is 2.76. The van der Waals surface area contributed by atoms with E-state index >= 15 is 0 Å². The molecule has 0 saturated heterocycles. The maximum Gasteiger partial charge on any atom is 0.191 e. The van der Waals surface area contributed by atoms with Gasteiger partial charge in [-0.25, -0.2) is 4.99 Å². The van der Waals surface area contributed by atoms with Crippen molar-refractivity contribution in [1.29, 1.82) is 0 Å².